The van der Waals surface area contributed by atoms with E-state index in [1.165, 1.54) is 0 Å². The summed E-state index contributed by atoms with van der Waals surface area (Å²) in [6, 6.07) is 8.13. The molecule has 22 heavy (non-hydrogen) atoms. The van der Waals surface area contributed by atoms with Crippen molar-refractivity contribution < 1.29 is 4.74 Å². The Labute approximate surface area is 136 Å². The van der Waals surface area contributed by atoms with E-state index in [0.29, 0.717) is 6.54 Å². The van der Waals surface area contributed by atoms with Crippen LogP contribution in [-0.2, 0) is 6.54 Å². The topological polar surface area (TPSA) is 51.4 Å². The minimum atomic E-state index is 0.547. The van der Waals surface area contributed by atoms with Gasteiger partial charge in [0.1, 0.15) is 10.8 Å². The van der Waals surface area contributed by atoms with E-state index < -0.39 is 0 Å². The zero-order chi connectivity index (χ0) is 15.8. The molecule has 1 heterocycles. The molecule has 0 aliphatic heterocycles. The molecule has 0 aliphatic carbocycles. The summed E-state index contributed by atoms with van der Waals surface area (Å²) in [7, 11) is 0. The predicted molar refractivity (Wildman–Crippen MR) is 93.3 cm³/mol. The van der Waals surface area contributed by atoms with Crippen LogP contribution in [0.25, 0.3) is 10.6 Å². The van der Waals surface area contributed by atoms with Gasteiger partial charge in [0.15, 0.2) is 0 Å². The molecule has 0 amide bonds. The molecule has 4 nitrogen and oxygen atoms in total. The van der Waals surface area contributed by atoms with Crippen molar-refractivity contribution in [2.75, 3.05) is 26.2 Å². The SMILES string of the molecule is CCN(CC)CCCOc1ccc(-c2ncc(CN)s2)cc1. The van der Waals surface area contributed by atoms with Crippen LogP contribution in [0.3, 0.4) is 0 Å². The van der Waals surface area contributed by atoms with Gasteiger partial charge in [0.2, 0.25) is 0 Å². The van der Waals surface area contributed by atoms with Gasteiger partial charge in [0, 0.05) is 29.7 Å². The van der Waals surface area contributed by atoms with Gasteiger partial charge >= 0.3 is 0 Å². The maximum absolute atomic E-state index is 5.80. The van der Waals surface area contributed by atoms with E-state index in [1.54, 1.807) is 11.3 Å². The van der Waals surface area contributed by atoms with Crippen molar-refractivity contribution in [2.24, 2.45) is 5.73 Å². The van der Waals surface area contributed by atoms with Crippen molar-refractivity contribution in [3.05, 3.63) is 35.3 Å². The third-order valence-corrected chi connectivity index (χ3v) is 4.71. The van der Waals surface area contributed by atoms with Crippen molar-refractivity contribution >= 4 is 11.3 Å². The Morgan fingerprint density at radius 3 is 2.50 bits per heavy atom. The molecule has 0 radical (unpaired) electrons. The van der Waals surface area contributed by atoms with Crippen molar-refractivity contribution in [3.8, 4) is 16.3 Å². The van der Waals surface area contributed by atoms with Crippen LogP contribution in [0.4, 0.5) is 0 Å². The maximum Gasteiger partial charge on any atom is 0.123 e. The zero-order valence-corrected chi connectivity index (χ0v) is 14.2. The van der Waals surface area contributed by atoms with Crippen LogP contribution in [-0.4, -0.2) is 36.1 Å². The van der Waals surface area contributed by atoms with Gasteiger partial charge in [-0.15, -0.1) is 11.3 Å². The van der Waals surface area contributed by atoms with E-state index in [1.807, 2.05) is 18.3 Å². The molecule has 0 fully saturated rings. The van der Waals surface area contributed by atoms with Crippen LogP contribution in [0, 0.1) is 0 Å². The Hall–Kier alpha value is -1.43. The molecule has 1 aromatic heterocycles. The third kappa shape index (κ3) is 4.80. The first-order valence-electron chi connectivity index (χ1n) is 7.87. The van der Waals surface area contributed by atoms with Gasteiger partial charge in [0.05, 0.1) is 6.61 Å². The first kappa shape index (κ1) is 16.9. The van der Waals surface area contributed by atoms with Gasteiger partial charge < -0.3 is 15.4 Å². The fraction of sp³-hybridized carbons (Fsp3) is 0.471. The van der Waals surface area contributed by atoms with Crippen molar-refractivity contribution in [1.29, 1.82) is 0 Å². The highest BCUT2D eigenvalue weighted by molar-refractivity contribution is 7.15. The molecule has 5 heteroatoms. The highest BCUT2D eigenvalue weighted by Crippen LogP contribution is 2.26. The molecule has 1 aromatic carbocycles. The summed E-state index contributed by atoms with van der Waals surface area (Å²) < 4.78 is 5.80. The molecule has 0 aliphatic rings. The van der Waals surface area contributed by atoms with Crippen molar-refractivity contribution in [1.82, 2.24) is 9.88 Å². The number of hydrogen-bond acceptors (Lipinski definition) is 5. The number of ether oxygens (including phenoxy) is 1. The van der Waals surface area contributed by atoms with Gasteiger partial charge in [0.25, 0.3) is 0 Å². The molecule has 2 N–H and O–H groups in total. The minimum Gasteiger partial charge on any atom is -0.494 e. The van der Waals surface area contributed by atoms with E-state index in [-0.39, 0.29) is 0 Å². The van der Waals surface area contributed by atoms with Crippen molar-refractivity contribution in [3.63, 3.8) is 0 Å². The summed E-state index contributed by atoms with van der Waals surface area (Å²) in [5.41, 5.74) is 6.73. The fourth-order valence-electron chi connectivity index (χ4n) is 2.25. The summed E-state index contributed by atoms with van der Waals surface area (Å²) in [4.78, 5) is 7.90. The Kier molecular flexibility index (Phi) is 6.83. The van der Waals surface area contributed by atoms with Crippen LogP contribution in [0.1, 0.15) is 25.1 Å². The van der Waals surface area contributed by atoms with E-state index in [0.717, 1.165) is 53.9 Å². The first-order valence-corrected chi connectivity index (χ1v) is 8.68. The molecule has 0 spiro atoms. The molecule has 0 bridgehead atoms. The number of nitrogens with zero attached hydrogens (tertiary/aromatic N) is 2. The number of thiazole rings is 1. The quantitative estimate of drug-likeness (QED) is 0.720. The Balaban J connectivity index is 1.82. The first-order chi connectivity index (χ1) is 10.8. The second-order valence-corrected chi connectivity index (χ2v) is 6.20. The summed E-state index contributed by atoms with van der Waals surface area (Å²) >= 11 is 1.64. The minimum absolute atomic E-state index is 0.547. The standard InChI is InChI=1S/C17H25N3OS/c1-3-20(4-2)10-5-11-21-15-8-6-14(7-9-15)17-19-13-16(12-18)22-17/h6-9,13H,3-5,10-12,18H2,1-2H3. The second kappa shape index (κ2) is 8.88. The summed E-state index contributed by atoms with van der Waals surface area (Å²) in [6.45, 7) is 8.98. The third-order valence-electron chi connectivity index (χ3n) is 3.64. The van der Waals surface area contributed by atoms with Crippen molar-refractivity contribution in [2.45, 2.75) is 26.8 Å². The lowest BCUT2D eigenvalue weighted by molar-refractivity contribution is 0.249. The van der Waals surface area contributed by atoms with Crippen LogP contribution < -0.4 is 10.5 Å². The molecule has 0 atom stereocenters. The van der Waals surface area contributed by atoms with E-state index in [9.17, 15) is 0 Å². The second-order valence-electron chi connectivity index (χ2n) is 5.09. The highest BCUT2D eigenvalue weighted by atomic mass is 32.1. The number of nitrogens with two attached hydrogens (primary N) is 1. The van der Waals surface area contributed by atoms with E-state index >= 15 is 0 Å². The summed E-state index contributed by atoms with van der Waals surface area (Å²) in [5.74, 6) is 0.916. The number of rotatable bonds is 9. The molecule has 0 saturated heterocycles. The number of hydrogen-bond donors (Lipinski definition) is 1. The predicted octanol–water partition coefficient (Wildman–Crippen LogP) is 3.38. The lowest BCUT2D eigenvalue weighted by Crippen LogP contribution is -2.25. The lowest BCUT2D eigenvalue weighted by atomic mass is 10.2. The Bertz CT molecular complexity index is 549. The molecule has 2 aromatic rings. The summed E-state index contributed by atoms with van der Waals surface area (Å²) in [5, 5.41) is 1.01. The molecule has 0 unspecified atom stereocenters. The molecular formula is C17H25N3OS. The largest absolute Gasteiger partial charge is 0.494 e. The zero-order valence-electron chi connectivity index (χ0n) is 13.4. The molecule has 2 rings (SSSR count). The average molecular weight is 319 g/mol. The normalized spacial score (nSPS) is 11.1. The van der Waals surface area contributed by atoms with E-state index in [4.69, 9.17) is 10.5 Å². The summed E-state index contributed by atoms with van der Waals surface area (Å²) in [6.07, 6.45) is 2.90. The van der Waals surface area contributed by atoms with Gasteiger partial charge in [-0.2, -0.15) is 0 Å². The maximum atomic E-state index is 5.80. The van der Waals surface area contributed by atoms with Crippen LogP contribution in [0.2, 0.25) is 0 Å². The molecule has 0 saturated carbocycles. The average Bonchev–Trinajstić information content (AvgIpc) is 3.05. The van der Waals surface area contributed by atoms with Gasteiger partial charge in [-0.3, -0.25) is 0 Å². The fourth-order valence-corrected chi connectivity index (χ4v) is 3.04. The monoisotopic (exact) mass is 319 g/mol. The van der Waals surface area contributed by atoms with Gasteiger partial charge in [-0.25, -0.2) is 4.98 Å². The van der Waals surface area contributed by atoms with E-state index in [2.05, 4.69) is 35.9 Å². The number of aromatic nitrogens is 1. The highest BCUT2D eigenvalue weighted by Gasteiger charge is 2.04. The van der Waals surface area contributed by atoms with Gasteiger partial charge in [-0.1, -0.05) is 13.8 Å². The van der Waals surface area contributed by atoms with Crippen LogP contribution in [0.15, 0.2) is 30.5 Å². The smallest absolute Gasteiger partial charge is 0.123 e. The molecule has 120 valence electrons. The Morgan fingerprint density at radius 1 is 1.18 bits per heavy atom. The number of benzene rings is 1. The van der Waals surface area contributed by atoms with Crippen LogP contribution in [0.5, 0.6) is 5.75 Å². The molecular weight excluding hydrogens is 294 g/mol. The Morgan fingerprint density at radius 2 is 1.91 bits per heavy atom. The lowest BCUT2D eigenvalue weighted by Gasteiger charge is -2.17. The van der Waals surface area contributed by atoms with Crippen LogP contribution >= 0.6 is 11.3 Å². The van der Waals surface area contributed by atoms with Gasteiger partial charge in [-0.05, 0) is 43.8 Å².